The molecule has 21 heavy (non-hydrogen) atoms. The van der Waals surface area contributed by atoms with Crippen molar-refractivity contribution in [3.8, 4) is 0 Å². The Balaban J connectivity index is 2.11. The van der Waals surface area contributed by atoms with E-state index in [2.05, 4.69) is 24.3 Å². The summed E-state index contributed by atoms with van der Waals surface area (Å²) in [4.78, 5) is 18.4. The van der Waals surface area contributed by atoms with Crippen LogP contribution in [0.5, 0.6) is 0 Å². The van der Waals surface area contributed by atoms with E-state index in [0.29, 0.717) is 5.56 Å². The summed E-state index contributed by atoms with van der Waals surface area (Å²) >= 11 is 0. The Morgan fingerprint density at radius 1 is 0.762 bits per heavy atom. The first-order valence-corrected chi connectivity index (χ1v) is 8.52. The van der Waals surface area contributed by atoms with Crippen molar-refractivity contribution in [3.05, 3.63) is 60.2 Å². The van der Waals surface area contributed by atoms with Gasteiger partial charge in [-0.25, -0.2) is 0 Å². The fourth-order valence-electron chi connectivity index (χ4n) is 3.15. The highest BCUT2D eigenvalue weighted by Gasteiger charge is 2.16. The lowest BCUT2D eigenvalue weighted by atomic mass is 9.93. The average molecular weight is 296 g/mol. The summed E-state index contributed by atoms with van der Waals surface area (Å²) < 4.78 is 11.2. The van der Waals surface area contributed by atoms with E-state index >= 15 is 0 Å². The Bertz CT molecular complexity index is 953. The van der Waals surface area contributed by atoms with Gasteiger partial charge in [0.1, 0.15) is 0 Å². The van der Waals surface area contributed by atoms with Crippen LogP contribution in [0.15, 0.2) is 54.6 Å². The Morgan fingerprint density at radius 3 is 1.76 bits per heavy atom. The topological polar surface area (TPSA) is 57.5 Å². The summed E-state index contributed by atoms with van der Waals surface area (Å²) in [5.41, 5.74) is 0.675. The highest BCUT2D eigenvalue weighted by molar-refractivity contribution is 7.50. The van der Waals surface area contributed by atoms with Gasteiger partial charge in [0.15, 0.2) is 0 Å². The van der Waals surface area contributed by atoms with E-state index in [1.54, 1.807) is 0 Å². The van der Waals surface area contributed by atoms with Crippen molar-refractivity contribution in [2.24, 2.45) is 0 Å². The van der Waals surface area contributed by atoms with Gasteiger partial charge >= 0.3 is 7.60 Å². The number of rotatable bonds is 2. The normalized spacial score (nSPS) is 12.7. The third kappa shape index (κ3) is 2.11. The summed E-state index contributed by atoms with van der Waals surface area (Å²) in [5, 5.41) is 6.82. The van der Waals surface area contributed by atoms with Crippen molar-refractivity contribution in [1.29, 1.82) is 0 Å². The smallest absolute Gasteiger partial charge is 0.324 e. The molecule has 0 amide bonds. The molecule has 0 bridgehead atoms. The number of hydrogen-bond donors (Lipinski definition) is 2. The van der Waals surface area contributed by atoms with E-state index < -0.39 is 7.60 Å². The maximum atomic E-state index is 11.2. The van der Waals surface area contributed by atoms with Crippen LogP contribution in [0.4, 0.5) is 0 Å². The maximum absolute atomic E-state index is 11.2. The van der Waals surface area contributed by atoms with Crippen molar-refractivity contribution in [2.75, 3.05) is 0 Å². The predicted molar refractivity (Wildman–Crippen MR) is 85.9 cm³/mol. The van der Waals surface area contributed by atoms with Gasteiger partial charge in [-0.2, -0.15) is 0 Å². The van der Waals surface area contributed by atoms with E-state index in [1.165, 1.54) is 21.5 Å². The molecule has 0 aliphatic heterocycles. The molecule has 3 nitrogen and oxygen atoms in total. The first-order chi connectivity index (χ1) is 10.0. The quantitative estimate of drug-likeness (QED) is 0.429. The minimum Gasteiger partial charge on any atom is -0.324 e. The fraction of sp³-hybridized carbons (Fsp3) is 0.0588. The van der Waals surface area contributed by atoms with Crippen molar-refractivity contribution in [1.82, 2.24) is 0 Å². The molecule has 0 aliphatic carbocycles. The summed E-state index contributed by atoms with van der Waals surface area (Å²) in [6, 6.07) is 18.1. The summed E-state index contributed by atoms with van der Waals surface area (Å²) in [6.45, 7) is 0. The highest BCUT2D eigenvalue weighted by Crippen LogP contribution is 2.41. The Morgan fingerprint density at radius 2 is 1.24 bits per heavy atom. The lowest BCUT2D eigenvalue weighted by molar-refractivity contribution is 0.372. The van der Waals surface area contributed by atoms with Gasteiger partial charge in [-0.1, -0.05) is 54.6 Å². The minimum atomic E-state index is -4.05. The number of benzene rings is 4. The van der Waals surface area contributed by atoms with Crippen molar-refractivity contribution < 1.29 is 14.4 Å². The van der Waals surface area contributed by atoms with Crippen molar-refractivity contribution in [2.45, 2.75) is 6.16 Å². The second-order valence-electron chi connectivity index (χ2n) is 5.45. The van der Waals surface area contributed by atoms with E-state index in [0.717, 1.165) is 10.8 Å². The van der Waals surface area contributed by atoms with Crippen LogP contribution < -0.4 is 0 Å². The van der Waals surface area contributed by atoms with Crippen LogP contribution in [0, 0.1) is 0 Å². The molecular weight excluding hydrogens is 283 g/mol. The molecule has 0 radical (unpaired) electrons. The number of hydrogen-bond acceptors (Lipinski definition) is 1. The molecule has 2 N–H and O–H groups in total. The van der Waals surface area contributed by atoms with Gasteiger partial charge in [-0.3, -0.25) is 4.57 Å². The van der Waals surface area contributed by atoms with Crippen LogP contribution in [0.25, 0.3) is 32.3 Å². The lowest BCUT2D eigenvalue weighted by Gasteiger charge is -2.12. The van der Waals surface area contributed by atoms with Gasteiger partial charge < -0.3 is 9.79 Å². The van der Waals surface area contributed by atoms with Gasteiger partial charge in [0.25, 0.3) is 0 Å². The zero-order valence-corrected chi connectivity index (χ0v) is 12.0. The highest BCUT2D eigenvalue weighted by atomic mass is 31.2. The zero-order chi connectivity index (χ0) is 14.6. The molecule has 0 aliphatic rings. The molecule has 4 heteroatoms. The van der Waals surface area contributed by atoms with E-state index in [1.807, 2.05) is 30.3 Å². The maximum Gasteiger partial charge on any atom is 0.329 e. The predicted octanol–water partition coefficient (Wildman–Crippen LogP) is 4.26. The third-order valence-electron chi connectivity index (χ3n) is 3.91. The van der Waals surface area contributed by atoms with Crippen molar-refractivity contribution in [3.63, 3.8) is 0 Å². The van der Waals surface area contributed by atoms with E-state index in [-0.39, 0.29) is 6.16 Å². The van der Waals surface area contributed by atoms with Crippen LogP contribution in [0.1, 0.15) is 5.56 Å². The Labute approximate surface area is 121 Å². The molecular formula is C17H13O3P. The van der Waals surface area contributed by atoms with Gasteiger partial charge in [-0.05, 0) is 37.9 Å². The van der Waals surface area contributed by atoms with Gasteiger partial charge in [0, 0.05) is 0 Å². The first-order valence-electron chi connectivity index (χ1n) is 6.72. The molecule has 0 saturated heterocycles. The van der Waals surface area contributed by atoms with Crippen molar-refractivity contribution >= 4 is 39.9 Å². The fourth-order valence-corrected chi connectivity index (χ4v) is 3.81. The van der Waals surface area contributed by atoms with Crippen LogP contribution in [0.3, 0.4) is 0 Å². The Hall–Kier alpha value is -1.93. The lowest BCUT2D eigenvalue weighted by Crippen LogP contribution is -1.90. The average Bonchev–Trinajstić information content (AvgIpc) is 2.42. The van der Waals surface area contributed by atoms with Crippen LogP contribution in [0.2, 0.25) is 0 Å². The second-order valence-corrected chi connectivity index (χ2v) is 7.10. The SMILES string of the molecule is O=P(O)(O)Cc1cc2ccc3cccc4ccc(c1)c2c34. The van der Waals surface area contributed by atoms with Gasteiger partial charge in [0.05, 0.1) is 6.16 Å². The monoisotopic (exact) mass is 296 g/mol. The third-order valence-corrected chi connectivity index (χ3v) is 4.69. The molecule has 0 heterocycles. The second kappa shape index (κ2) is 4.28. The largest absolute Gasteiger partial charge is 0.329 e. The molecule has 4 aromatic rings. The molecule has 104 valence electrons. The minimum absolute atomic E-state index is 0.219. The van der Waals surface area contributed by atoms with Gasteiger partial charge in [-0.15, -0.1) is 0 Å². The molecule has 4 aromatic carbocycles. The molecule has 4 rings (SSSR count). The molecule has 0 fully saturated rings. The van der Waals surface area contributed by atoms with Gasteiger partial charge in [0.2, 0.25) is 0 Å². The van der Waals surface area contributed by atoms with E-state index in [4.69, 9.17) is 0 Å². The molecule has 0 unspecified atom stereocenters. The molecule has 0 spiro atoms. The molecule has 0 aromatic heterocycles. The summed E-state index contributed by atoms with van der Waals surface area (Å²) in [5.74, 6) is 0. The summed E-state index contributed by atoms with van der Waals surface area (Å²) in [6.07, 6.45) is -0.219. The Kier molecular flexibility index (Phi) is 2.61. The van der Waals surface area contributed by atoms with Crippen LogP contribution in [-0.4, -0.2) is 9.79 Å². The standard InChI is InChI=1S/C17H13O3P/c18-21(19,20)10-11-8-14-6-4-12-2-1-3-13-5-7-15(9-11)17(14)16(12)13/h1-9H,10H2,(H2,18,19,20). The molecule has 0 atom stereocenters. The first kappa shape index (κ1) is 12.8. The molecule has 0 saturated carbocycles. The van der Waals surface area contributed by atoms with Crippen LogP contribution in [-0.2, 0) is 10.7 Å². The van der Waals surface area contributed by atoms with E-state index in [9.17, 15) is 14.4 Å². The summed E-state index contributed by atoms with van der Waals surface area (Å²) in [7, 11) is -4.05. The zero-order valence-electron chi connectivity index (χ0n) is 11.2. The van der Waals surface area contributed by atoms with Crippen LogP contribution >= 0.6 is 7.60 Å².